The fraction of sp³-hybridized carbons (Fsp3) is 0.588. The van der Waals surface area contributed by atoms with E-state index in [0.29, 0.717) is 6.61 Å². The molecule has 21 heavy (non-hydrogen) atoms. The second kappa shape index (κ2) is 6.48. The van der Waals surface area contributed by atoms with Crippen molar-refractivity contribution in [3.8, 4) is 5.75 Å². The van der Waals surface area contributed by atoms with Gasteiger partial charge in [0, 0.05) is 0 Å². The van der Waals surface area contributed by atoms with Crippen LogP contribution in [0.4, 0.5) is 0 Å². The molecule has 0 saturated heterocycles. The third-order valence-corrected chi connectivity index (χ3v) is 3.31. The lowest BCUT2D eigenvalue weighted by molar-refractivity contribution is -0.150. The monoisotopic (exact) mass is 293 g/mol. The summed E-state index contributed by atoms with van der Waals surface area (Å²) < 4.78 is 10.7. The SMILES string of the molecule is CCOC(=O)C(C)(N)COc1ccc(C(C)(C)C)cc1C. The van der Waals surface area contributed by atoms with Gasteiger partial charge in [0.05, 0.1) is 6.61 Å². The van der Waals surface area contributed by atoms with Gasteiger partial charge in [-0.05, 0) is 43.4 Å². The maximum Gasteiger partial charge on any atom is 0.329 e. The Bertz CT molecular complexity index is 501. The predicted molar refractivity (Wildman–Crippen MR) is 84.6 cm³/mol. The summed E-state index contributed by atoms with van der Waals surface area (Å²) in [4.78, 5) is 11.7. The van der Waals surface area contributed by atoms with Crippen molar-refractivity contribution >= 4 is 5.97 Å². The highest BCUT2D eigenvalue weighted by atomic mass is 16.5. The van der Waals surface area contributed by atoms with Crippen molar-refractivity contribution in [3.63, 3.8) is 0 Å². The van der Waals surface area contributed by atoms with Gasteiger partial charge < -0.3 is 15.2 Å². The molecular weight excluding hydrogens is 266 g/mol. The number of ether oxygens (including phenoxy) is 2. The number of hydrogen-bond donors (Lipinski definition) is 1. The van der Waals surface area contributed by atoms with E-state index in [0.717, 1.165) is 11.3 Å². The van der Waals surface area contributed by atoms with Crippen LogP contribution in [0.1, 0.15) is 45.7 Å². The average molecular weight is 293 g/mol. The molecule has 0 aliphatic heterocycles. The summed E-state index contributed by atoms with van der Waals surface area (Å²) in [6, 6.07) is 6.07. The molecule has 4 heteroatoms. The Hall–Kier alpha value is -1.55. The minimum Gasteiger partial charge on any atom is -0.491 e. The van der Waals surface area contributed by atoms with Crippen LogP contribution in [0.25, 0.3) is 0 Å². The Labute approximate surface area is 127 Å². The average Bonchev–Trinajstić information content (AvgIpc) is 2.36. The first-order valence-corrected chi connectivity index (χ1v) is 7.28. The Kier molecular flexibility index (Phi) is 5.40. The number of carbonyl (C=O) groups excluding carboxylic acids is 1. The molecule has 1 aromatic carbocycles. The lowest BCUT2D eigenvalue weighted by Crippen LogP contribution is -2.51. The van der Waals surface area contributed by atoms with E-state index >= 15 is 0 Å². The number of esters is 1. The van der Waals surface area contributed by atoms with E-state index in [1.807, 2.05) is 19.1 Å². The fourth-order valence-corrected chi connectivity index (χ4v) is 1.86. The molecular formula is C17H27NO3. The van der Waals surface area contributed by atoms with Crippen LogP contribution in [0.3, 0.4) is 0 Å². The van der Waals surface area contributed by atoms with Crippen LogP contribution in [-0.2, 0) is 14.9 Å². The molecule has 0 aliphatic rings. The lowest BCUT2D eigenvalue weighted by atomic mass is 9.86. The Morgan fingerprint density at radius 2 is 1.86 bits per heavy atom. The molecule has 1 atom stereocenters. The number of aryl methyl sites for hydroxylation is 1. The molecule has 0 fully saturated rings. The van der Waals surface area contributed by atoms with E-state index in [1.54, 1.807) is 13.8 Å². The molecule has 0 aliphatic carbocycles. The minimum absolute atomic E-state index is 0.0849. The van der Waals surface area contributed by atoms with Crippen molar-refractivity contribution in [1.29, 1.82) is 0 Å². The van der Waals surface area contributed by atoms with Gasteiger partial charge in [-0.25, -0.2) is 4.79 Å². The molecule has 1 aromatic rings. The van der Waals surface area contributed by atoms with Crippen LogP contribution >= 0.6 is 0 Å². The van der Waals surface area contributed by atoms with E-state index in [-0.39, 0.29) is 12.0 Å². The van der Waals surface area contributed by atoms with Crippen molar-refractivity contribution in [1.82, 2.24) is 0 Å². The smallest absolute Gasteiger partial charge is 0.329 e. The summed E-state index contributed by atoms with van der Waals surface area (Å²) in [6.07, 6.45) is 0. The molecule has 4 nitrogen and oxygen atoms in total. The van der Waals surface area contributed by atoms with Crippen LogP contribution < -0.4 is 10.5 Å². The highest BCUT2D eigenvalue weighted by Gasteiger charge is 2.31. The first kappa shape index (κ1) is 17.5. The van der Waals surface area contributed by atoms with Crippen molar-refractivity contribution < 1.29 is 14.3 Å². The molecule has 2 N–H and O–H groups in total. The van der Waals surface area contributed by atoms with Crippen LogP contribution in [0, 0.1) is 6.92 Å². The standard InChI is InChI=1S/C17H27NO3/c1-7-20-15(19)17(6,18)11-21-14-9-8-13(10-12(14)2)16(3,4)5/h8-10H,7,11,18H2,1-6H3. The second-order valence-corrected chi connectivity index (χ2v) is 6.66. The van der Waals surface area contributed by atoms with Gasteiger partial charge in [-0.1, -0.05) is 32.9 Å². The van der Waals surface area contributed by atoms with Crippen molar-refractivity contribution in [3.05, 3.63) is 29.3 Å². The topological polar surface area (TPSA) is 61.5 Å². The van der Waals surface area contributed by atoms with E-state index in [2.05, 4.69) is 26.8 Å². The third-order valence-electron chi connectivity index (χ3n) is 3.31. The van der Waals surface area contributed by atoms with Crippen molar-refractivity contribution in [2.75, 3.05) is 13.2 Å². The van der Waals surface area contributed by atoms with Gasteiger partial charge in [-0.2, -0.15) is 0 Å². The molecule has 118 valence electrons. The van der Waals surface area contributed by atoms with Crippen LogP contribution in [0.15, 0.2) is 18.2 Å². The molecule has 0 heterocycles. The zero-order chi connectivity index (χ0) is 16.3. The lowest BCUT2D eigenvalue weighted by Gasteiger charge is -2.24. The molecule has 1 rings (SSSR count). The van der Waals surface area contributed by atoms with Crippen molar-refractivity contribution in [2.24, 2.45) is 5.73 Å². The van der Waals surface area contributed by atoms with E-state index < -0.39 is 11.5 Å². The molecule has 0 spiro atoms. The normalized spacial score (nSPS) is 14.4. The summed E-state index contributed by atoms with van der Waals surface area (Å²) in [7, 11) is 0. The van der Waals surface area contributed by atoms with E-state index in [4.69, 9.17) is 15.2 Å². The Balaban J connectivity index is 2.79. The third kappa shape index (κ3) is 4.74. The molecule has 1 unspecified atom stereocenters. The molecule has 0 radical (unpaired) electrons. The zero-order valence-corrected chi connectivity index (χ0v) is 13.9. The number of nitrogens with two attached hydrogens (primary N) is 1. The van der Waals surface area contributed by atoms with Crippen LogP contribution in [0.5, 0.6) is 5.75 Å². The van der Waals surface area contributed by atoms with Gasteiger partial charge in [0.1, 0.15) is 17.9 Å². The number of rotatable bonds is 5. The number of carbonyl (C=O) groups is 1. The van der Waals surface area contributed by atoms with Crippen molar-refractivity contribution in [2.45, 2.75) is 52.5 Å². The maximum atomic E-state index is 11.7. The molecule has 0 aromatic heterocycles. The number of hydrogen-bond acceptors (Lipinski definition) is 4. The van der Waals surface area contributed by atoms with Gasteiger partial charge in [0.2, 0.25) is 0 Å². The fourth-order valence-electron chi connectivity index (χ4n) is 1.86. The van der Waals surface area contributed by atoms with Gasteiger partial charge in [0.15, 0.2) is 0 Å². The number of benzene rings is 1. The highest BCUT2D eigenvalue weighted by molar-refractivity contribution is 5.80. The van der Waals surface area contributed by atoms with Gasteiger partial charge in [0.25, 0.3) is 0 Å². The Morgan fingerprint density at radius 1 is 1.24 bits per heavy atom. The Morgan fingerprint density at radius 3 is 2.33 bits per heavy atom. The molecule has 0 bridgehead atoms. The predicted octanol–water partition coefficient (Wildman–Crippen LogP) is 2.95. The van der Waals surface area contributed by atoms with Crippen LogP contribution in [0.2, 0.25) is 0 Å². The first-order chi connectivity index (χ1) is 9.58. The van der Waals surface area contributed by atoms with Gasteiger partial charge in [-0.3, -0.25) is 0 Å². The van der Waals surface area contributed by atoms with E-state index in [1.165, 1.54) is 5.56 Å². The summed E-state index contributed by atoms with van der Waals surface area (Å²) in [5.74, 6) is 0.290. The maximum absolute atomic E-state index is 11.7. The summed E-state index contributed by atoms with van der Waals surface area (Å²) in [5, 5.41) is 0. The van der Waals surface area contributed by atoms with Gasteiger partial charge in [-0.15, -0.1) is 0 Å². The highest BCUT2D eigenvalue weighted by Crippen LogP contribution is 2.27. The summed E-state index contributed by atoms with van der Waals surface area (Å²) in [5.41, 5.74) is 7.16. The minimum atomic E-state index is -1.15. The van der Waals surface area contributed by atoms with Crippen LogP contribution in [-0.4, -0.2) is 24.7 Å². The summed E-state index contributed by atoms with van der Waals surface area (Å²) in [6.45, 7) is 12.3. The van der Waals surface area contributed by atoms with E-state index in [9.17, 15) is 4.79 Å². The second-order valence-electron chi connectivity index (χ2n) is 6.66. The zero-order valence-electron chi connectivity index (χ0n) is 13.9. The largest absolute Gasteiger partial charge is 0.491 e. The first-order valence-electron chi connectivity index (χ1n) is 7.28. The molecule has 0 saturated carbocycles. The van der Waals surface area contributed by atoms with Gasteiger partial charge >= 0.3 is 5.97 Å². The quantitative estimate of drug-likeness (QED) is 0.848. The molecule has 0 amide bonds. The summed E-state index contributed by atoms with van der Waals surface area (Å²) >= 11 is 0.